The van der Waals surface area contributed by atoms with Gasteiger partial charge in [-0.15, -0.1) is 0 Å². The fourth-order valence-electron chi connectivity index (χ4n) is 2.11. The van der Waals surface area contributed by atoms with Gasteiger partial charge in [0.1, 0.15) is 0 Å². The Morgan fingerprint density at radius 1 is 1.25 bits per heavy atom. The molecule has 0 amide bonds. The minimum atomic E-state index is -0.648. The fraction of sp³-hybridized carbons (Fsp3) is 0.455. The van der Waals surface area contributed by atoms with Gasteiger partial charge in [0, 0.05) is 6.07 Å². The van der Waals surface area contributed by atoms with Gasteiger partial charge in [0.05, 0.1) is 23.3 Å². The van der Waals surface area contributed by atoms with Gasteiger partial charge in [0.15, 0.2) is 5.75 Å². The molecule has 0 N–H and O–H groups in total. The maximum absolute atomic E-state index is 11.4. The van der Waals surface area contributed by atoms with Crippen LogP contribution in [0.5, 0.6) is 11.5 Å². The standard InChI is InChI=1S/C11H11N3O6/c15-13(16)10-9-7(14(17)20-12-9)6-8-11(10)19-5-3-1-2-4-18-8/h6H,1-5H2. The van der Waals surface area contributed by atoms with Crippen LogP contribution in [0.2, 0.25) is 0 Å². The van der Waals surface area contributed by atoms with Gasteiger partial charge in [-0.2, -0.15) is 0 Å². The summed E-state index contributed by atoms with van der Waals surface area (Å²) in [6.45, 7) is 0.751. The summed E-state index contributed by atoms with van der Waals surface area (Å²) in [5.74, 6) is 0.164. The molecule has 0 spiro atoms. The second-order valence-electron chi connectivity index (χ2n) is 4.36. The lowest BCUT2D eigenvalue weighted by molar-refractivity contribution is -0.782. The molecule has 1 aliphatic heterocycles. The van der Waals surface area contributed by atoms with Crippen molar-refractivity contribution in [1.82, 2.24) is 5.16 Å². The first-order chi connectivity index (χ1) is 9.68. The third-order valence-electron chi connectivity index (χ3n) is 3.05. The van der Waals surface area contributed by atoms with Crippen molar-refractivity contribution in [1.29, 1.82) is 0 Å². The number of nitro groups is 1. The lowest BCUT2D eigenvalue weighted by Gasteiger charge is -2.09. The van der Waals surface area contributed by atoms with Crippen molar-refractivity contribution in [2.75, 3.05) is 13.2 Å². The molecule has 0 bridgehead atoms. The lowest BCUT2D eigenvalue weighted by atomic mass is 10.2. The fourth-order valence-corrected chi connectivity index (χ4v) is 2.11. The Bertz CT molecular complexity index is 668. The number of benzene rings is 1. The van der Waals surface area contributed by atoms with Gasteiger partial charge in [0.2, 0.25) is 11.3 Å². The minimum absolute atomic E-state index is 0.00157. The average molecular weight is 281 g/mol. The molecule has 0 fully saturated rings. The molecule has 0 radical (unpaired) electrons. The van der Waals surface area contributed by atoms with E-state index in [9.17, 15) is 15.3 Å². The zero-order valence-electron chi connectivity index (χ0n) is 10.4. The molecular weight excluding hydrogens is 270 g/mol. The zero-order chi connectivity index (χ0) is 14.1. The summed E-state index contributed by atoms with van der Waals surface area (Å²) in [7, 11) is 0. The lowest BCUT2D eigenvalue weighted by Crippen LogP contribution is -2.22. The van der Waals surface area contributed by atoms with Crippen molar-refractivity contribution in [2.45, 2.75) is 19.3 Å². The molecule has 1 aromatic heterocycles. The average Bonchev–Trinajstić information content (AvgIpc) is 2.82. The van der Waals surface area contributed by atoms with Crippen LogP contribution in [-0.2, 0) is 0 Å². The van der Waals surface area contributed by atoms with Crippen LogP contribution in [0.4, 0.5) is 5.69 Å². The largest absolute Gasteiger partial charge is 0.489 e. The summed E-state index contributed by atoms with van der Waals surface area (Å²) in [5, 5.41) is 26.1. The number of nitro benzene ring substituents is 1. The predicted molar refractivity (Wildman–Crippen MR) is 64.5 cm³/mol. The van der Waals surface area contributed by atoms with E-state index in [0.717, 1.165) is 19.3 Å². The van der Waals surface area contributed by atoms with Gasteiger partial charge in [0.25, 0.3) is 0 Å². The Balaban J connectivity index is 2.25. The molecule has 3 rings (SSSR count). The molecule has 0 saturated carbocycles. The Hall–Kier alpha value is -2.58. The van der Waals surface area contributed by atoms with Crippen molar-refractivity contribution >= 4 is 16.7 Å². The van der Waals surface area contributed by atoms with Crippen LogP contribution in [0.25, 0.3) is 11.0 Å². The second kappa shape index (κ2) is 4.83. The van der Waals surface area contributed by atoms with Crippen LogP contribution in [0.3, 0.4) is 0 Å². The first-order valence-corrected chi connectivity index (χ1v) is 6.15. The molecule has 1 aromatic carbocycles. The van der Waals surface area contributed by atoms with E-state index in [0.29, 0.717) is 13.2 Å². The molecule has 1 aliphatic rings. The van der Waals surface area contributed by atoms with E-state index in [1.807, 2.05) is 0 Å². The number of aromatic nitrogens is 2. The molecule has 0 atom stereocenters. The van der Waals surface area contributed by atoms with E-state index < -0.39 is 10.6 Å². The summed E-state index contributed by atoms with van der Waals surface area (Å²) in [5.41, 5.74) is -0.609. The molecule has 2 aromatic rings. The summed E-state index contributed by atoms with van der Waals surface area (Å²) in [6, 6.07) is 1.35. The highest BCUT2D eigenvalue weighted by atomic mass is 16.8. The number of nitrogens with zero attached hydrogens (tertiary/aromatic N) is 3. The molecule has 106 valence electrons. The van der Waals surface area contributed by atoms with Gasteiger partial charge in [-0.1, -0.05) is 0 Å². The van der Waals surface area contributed by atoms with Crippen LogP contribution < -0.4 is 14.4 Å². The summed E-state index contributed by atoms with van der Waals surface area (Å²) in [6.07, 6.45) is 2.50. The molecule has 20 heavy (non-hydrogen) atoms. The third kappa shape index (κ3) is 1.96. The van der Waals surface area contributed by atoms with Crippen LogP contribution in [0.1, 0.15) is 19.3 Å². The minimum Gasteiger partial charge on any atom is -0.489 e. The summed E-state index contributed by atoms with van der Waals surface area (Å²) in [4.78, 5) is 10.7. The van der Waals surface area contributed by atoms with Crippen molar-refractivity contribution in [3.63, 3.8) is 0 Å². The van der Waals surface area contributed by atoms with Gasteiger partial charge in [-0.05, 0) is 24.2 Å². The smallest absolute Gasteiger partial charge is 0.372 e. The highest BCUT2D eigenvalue weighted by Crippen LogP contribution is 2.42. The molecular formula is C11H11N3O6. The topological polar surface area (TPSA) is 115 Å². The zero-order valence-corrected chi connectivity index (χ0v) is 10.4. The number of hydrogen-bond donors (Lipinski definition) is 0. The van der Waals surface area contributed by atoms with Crippen LogP contribution in [-0.4, -0.2) is 23.3 Å². The highest BCUT2D eigenvalue weighted by molar-refractivity contribution is 5.88. The maximum atomic E-state index is 11.4. The first kappa shape index (κ1) is 12.5. The van der Waals surface area contributed by atoms with Crippen molar-refractivity contribution in [3.8, 4) is 11.5 Å². The van der Waals surface area contributed by atoms with Gasteiger partial charge >= 0.3 is 11.2 Å². The van der Waals surface area contributed by atoms with E-state index in [1.165, 1.54) is 6.07 Å². The maximum Gasteiger partial charge on any atom is 0.372 e. The summed E-state index contributed by atoms with van der Waals surface area (Å²) >= 11 is 0. The molecule has 0 aliphatic carbocycles. The highest BCUT2D eigenvalue weighted by Gasteiger charge is 2.33. The Morgan fingerprint density at radius 2 is 2.00 bits per heavy atom. The molecule has 9 nitrogen and oxygen atoms in total. The molecule has 0 saturated heterocycles. The van der Waals surface area contributed by atoms with E-state index >= 15 is 0 Å². The Morgan fingerprint density at radius 3 is 2.75 bits per heavy atom. The Kier molecular flexibility index (Phi) is 3.01. The van der Waals surface area contributed by atoms with Crippen LogP contribution in [0.15, 0.2) is 10.7 Å². The first-order valence-electron chi connectivity index (χ1n) is 6.15. The summed E-state index contributed by atoms with van der Waals surface area (Å²) < 4.78 is 15.3. The Labute approximate surface area is 112 Å². The third-order valence-corrected chi connectivity index (χ3v) is 3.05. The predicted octanol–water partition coefficient (Wildman–Crippen LogP) is 1.31. The number of hydrogen-bond acceptors (Lipinski definition) is 7. The van der Waals surface area contributed by atoms with E-state index in [1.54, 1.807) is 0 Å². The van der Waals surface area contributed by atoms with Crippen molar-refractivity contribution < 1.29 is 23.9 Å². The van der Waals surface area contributed by atoms with E-state index in [2.05, 4.69) is 9.79 Å². The molecule has 9 heteroatoms. The quantitative estimate of drug-likeness (QED) is 0.439. The SMILES string of the molecule is O=[N+]([O-])c1c2c(cc3c1no[n+]3[O-])OCCCCCO2. The molecule has 2 heterocycles. The monoisotopic (exact) mass is 281 g/mol. The number of fused-ring (bicyclic) bond motifs is 2. The molecule has 0 unspecified atom stereocenters. The van der Waals surface area contributed by atoms with Gasteiger partial charge in [-0.25, -0.2) is 0 Å². The van der Waals surface area contributed by atoms with Crippen LogP contribution in [0, 0.1) is 15.3 Å². The van der Waals surface area contributed by atoms with Crippen molar-refractivity contribution in [3.05, 3.63) is 21.4 Å². The number of ether oxygens (including phenoxy) is 2. The van der Waals surface area contributed by atoms with Crippen LogP contribution >= 0.6 is 0 Å². The van der Waals surface area contributed by atoms with E-state index in [4.69, 9.17) is 9.47 Å². The van der Waals surface area contributed by atoms with Gasteiger partial charge < -0.3 is 14.7 Å². The normalized spacial score (nSPS) is 15.4. The van der Waals surface area contributed by atoms with E-state index in [-0.39, 0.29) is 27.4 Å². The number of rotatable bonds is 1. The van der Waals surface area contributed by atoms with Gasteiger partial charge in [-0.3, -0.25) is 14.7 Å². The second-order valence-corrected chi connectivity index (χ2v) is 4.36. The van der Waals surface area contributed by atoms with Crippen molar-refractivity contribution in [2.24, 2.45) is 0 Å².